The molecule has 1 heterocycles. The molecule has 1 saturated carbocycles. The quantitative estimate of drug-likeness (QED) is 0.0918. The third-order valence-corrected chi connectivity index (χ3v) is 8.65. The van der Waals surface area contributed by atoms with E-state index in [1.807, 2.05) is 36.7 Å². The van der Waals surface area contributed by atoms with Crippen molar-refractivity contribution in [3.63, 3.8) is 0 Å². The van der Waals surface area contributed by atoms with Crippen LogP contribution in [0.25, 0.3) is 11.4 Å². The highest BCUT2D eigenvalue weighted by Gasteiger charge is 2.20. The van der Waals surface area contributed by atoms with Crippen molar-refractivity contribution in [3.8, 4) is 22.9 Å². The number of ether oxygens (including phenoxy) is 2. The van der Waals surface area contributed by atoms with Gasteiger partial charge in [-0.2, -0.15) is 0 Å². The molecule has 0 bridgehead atoms. The molecule has 0 spiro atoms. The van der Waals surface area contributed by atoms with Crippen molar-refractivity contribution in [2.45, 2.75) is 110 Å². The van der Waals surface area contributed by atoms with Gasteiger partial charge in [0.25, 0.3) is 0 Å². The number of benzene rings is 2. The van der Waals surface area contributed by atoms with Crippen LogP contribution >= 0.6 is 0 Å². The fourth-order valence-electron chi connectivity index (χ4n) is 5.97. The number of aryl methyl sites for hydroxylation is 1. The van der Waals surface area contributed by atoms with Gasteiger partial charge in [0, 0.05) is 18.0 Å². The Kier molecular flexibility index (Phi) is 13.4. The van der Waals surface area contributed by atoms with Crippen molar-refractivity contribution in [2.24, 2.45) is 11.8 Å². The second-order valence-electron chi connectivity index (χ2n) is 12.0. The molecule has 1 aromatic heterocycles. The first-order valence-corrected chi connectivity index (χ1v) is 16.5. The first-order valence-electron chi connectivity index (χ1n) is 16.5. The van der Waals surface area contributed by atoms with Gasteiger partial charge in [-0.25, -0.2) is 14.8 Å². The minimum atomic E-state index is -0.390. The van der Waals surface area contributed by atoms with Gasteiger partial charge in [-0.15, -0.1) is 0 Å². The van der Waals surface area contributed by atoms with Gasteiger partial charge in [0.15, 0.2) is 5.82 Å². The summed E-state index contributed by atoms with van der Waals surface area (Å²) in [7, 11) is 0. The number of aromatic nitrogens is 2. The van der Waals surface area contributed by atoms with Gasteiger partial charge >= 0.3 is 5.97 Å². The summed E-state index contributed by atoms with van der Waals surface area (Å²) in [6.07, 6.45) is 23.3. The van der Waals surface area contributed by atoms with Crippen molar-refractivity contribution < 1.29 is 14.3 Å². The third kappa shape index (κ3) is 10.6. The fourth-order valence-corrected chi connectivity index (χ4v) is 5.97. The van der Waals surface area contributed by atoms with Crippen LogP contribution in [0.15, 0.2) is 60.9 Å². The minimum Gasteiger partial charge on any atom is -0.494 e. The van der Waals surface area contributed by atoms with Crippen LogP contribution in [0.1, 0.15) is 120 Å². The number of carbonyl (C=O) groups excluding carboxylic acids is 1. The second kappa shape index (κ2) is 17.7. The molecule has 5 heteroatoms. The van der Waals surface area contributed by atoms with Crippen LogP contribution in [0.4, 0.5) is 0 Å². The average molecular weight is 571 g/mol. The van der Waals surface area contributed by atoms with Crippen LogP contribution < -0.4 is 9.47 Å². The first kappa shape index (κ1) is 31.7. The van der Waals surface area contributed by atoms with Crippen LogP contribution in [0.5, 0.6) is 11.5 Å². The zero-order valence-electron chi connectivity index (χ0n) is 25.9. The van der Waals surface area contributed by atoms with E-state index in [9.17, 15) is 4.79 Å². The Morgan fingerprint density at radius 2 is 1.31 bits per heavy atom. The summed E-state index contributed by atoms with van der Waals surface area (Å²) in [6, 6.07) is 14.6. The number of carbonyl (C=O) groups is 1. The number of rotatable bonds is 17. The van der Waals surface area contributed by atoms with E-state index in [0.717, 1.165) is 48.2 Å². The van der Waals surface area contributed by atoms with Crippen LogP contribution in [-0.2, 0) is 6.42 Å². The van der Waals surface area contributed by atoms with Gasteiger partial charge in [0.2, 0.25) is 0 Å². The molecular weight excluding hydrogens is 520 g/mol. The Bertz CT molecular complexity index is 1170. The maximum absolute atomic E-state index is 12.7. The molecule has 0 radical (unpaired) electrons. The van der Waals surface area contributed by atoms with E-state index in [-0.39, 0.29) is 0 Å². The molecule has 0 unspecified atom stereocenters. The summed E-state index contributed by atoms with van der Waals surface area (Å²) in [5, 5.41) is 0. The van der Waals surface area contributed by atoms with Crippen LogP contribution in [0, 0.1) is 11.8 Å². The molecule has 0 aliphatic heterocycles. The molecule has 42 heavy (non-hydrogen) atoms. The van der Waals surface area contributed by atoms with Crippen molar-refractivity contribution in [1.29, 1.82) is 0 Å². The Labute approximate surface area is 253 Å². The second-order valence-corrected chi connectivity index (χ2v) is 12.0. The lowest BCUT2D eigenvalue weighted by Gasteiger charge is -2.28. The van der Waals surface area contributed by atoms with Crippen molar-refractivity contribution in [3.05, 3.63) is 72.1 Å². The Morgan fingerprint density at radius 1 is 0.714 bits per heavy atom. The summed E-state index contributed by atoms with van der Waals surface area (Å²) in [6.45, 7) is 5.24. The van der Waals surface area contributed by atoms with E-state index >= 15 is 0 Å². The van der Waals surface area contributed by atoms with Crippen molar-refractivity contribution >= 4 is 5.97 Å². The van der Waals surface area contributed by atoms with Gasteiger partial charge < -0.3 is 9.47 Å². The summed E-state index contributed by atoms with van der Waals surface area (Å²) >= 11 is 0. The lowest BCUT2D eigenvalue weighted by atomic mass is 9.78. The molecule has 1 fully saturated rings. The molecule has 1 aliphatic rings. The molecular formula is C37H50N2O3. The van der Waals surface area contributed by atoms with E-state index in [0.29, 0.717) is 17.1 Å². The molecule has 5 nitrogen and oxygen atoms in total. The molecule has 226 valence electrons. The summed E-state index contributed by atoms with van der Waals surface area (Å²) < 4.78 is 11.6. The third-order valence-electron chi connectivity index (χ3n) is 8.65. The topological polar surface area (TPSA) is 61.3 Å². The van der Waals surface area contributed by atoms with E-state index in [1.165, 1.54) is 83.5 Å². The summed E-state index contributed by atoms with van der Waals surface area (Å²) in [4.78, 5) is 21.7. The smallest absolute Gasteiger partial charge is 0.343 e. The lowest BCUT2D eigenvalue weighted by Crippen LogP contribution is -2.15. The van der Waals surface area contributed by atoms with Gasteiger partial charge in [-0.05, 0) is 79.5 Å². The van der Waals surface area contributed by atoms with Crippen LogP contribution in [0.2, 0.25) is 0 Å². The standard InChI is InChI=1S/C37H50N2O3/c1-3-5-7-9-12-31-27-38-36(39-28-31)32-18-20-33(21-19-32)37(40)42-35-24-22-34(23-25-35)41-26-10-13-30-16-14-29(15-17-30)11-8-6-4-2/h18-25,27-30H,3-17,26H2,1-2H3. The predicted octanol–water partition coefficient (Wildman–Crippen LogP) is 10.0. The van der Waals surface area contributed by atoms with E-state index < -0.39 is 5.97 Å². The largest absolute Gasteiger partial charge is 0.494 e. The fraction of sp³-hybridized carbons (Fsp3) is 0.541. The Balaban J connectivity index is 1.14. The summed E-state index contributed by atoms with van der Waals surface area (Å²) in [5.74, 6) is 3.42. The van der Waals surface area contributed by atoms with Crippen molar-refractivity contribution in [2.75, 3.05) is 6.61 Å². The number of hydrogen-bond donors (Lipinski definition) is 0. The van der Waals surface area contributed by atoms with Crippen LogP contribution in [-0.4, -0.2) is 22.5 Å². The molecule has 0 saturated heterocycles. The number of nitrogens with zero attached hydrogens (tertiary/aromatic N) is 2. The molecule has 2 aromatic carbocycles. The maximum Gasteiger partial charge on any atom is 0.343 e. The number of hydrogen-bond acceptors (Lipinski definition) is 5. The summed E-state index contributed by atoms with van der Waals surface area (Å²) in [5.41, 5.74) is 2.53. The Hall–Kier alpha value is -3.21. The maximum atomic E-state index is 12.7. The number of esters is 1. The zero-order chi connectivity index (χ0) is 29.4. The van der Waals surface area contributed by atoms with Crippen LogP contribution in [0.3, 0.4) is 0 Å². The normalized spacial score (nSPS) is 16.7. The highest BCUT2D eigenvalue weighted by molar-refractivity contribution is 5.91. The molecule has 0 amide bonds. The van der Waals surface area contributed by atoms with Gasteiger partial charge in [0.1, 0.15) is 11.5 Å². The highest BCUT2D eigenvalue weighted by atomic mass is 16.5. The molecule has 4 rings (SSSR count). The first-order chi connectivity index (χ1) is 20.6. The molecule has 0 N–H and O–H groups in total. The highest BCUT2D eigenvalue weighted by Crippen LogP contribution is 2.34. The number of unbranched alkanes of at least 4 members (excludes halogenated alkanes) is 5. The monoisotopic (exact) mass is 570 g/mol. The zero-order valence-corrected chi connectivity index (χ0v) is 25.9. The van der Waals surface area contributed by atoms with Gasteiger partial charge in [0.05, 0.1) is 12.2 Å². The minimum absolute atomic E-state index is 0.390. The molecule has 3 aromatic rings. The molecule has 1 aliphatic carbocycles. The predicted molar refractivity (Wildman–Crippen MR) is 171 cm³/mol. The van der Waals surface area contributed by atoms with Gasteiger partial charge in [-0.1, -0.05) is 96.6 Å². The van der Waals surface area contributed by atoms with Crippen molar-refractivity contribution in [1.82, 2.24) is 9.97 Å². The van der Waals surface area contributed by atoms with E-state index in [4.69, 9.17) is 9.47 Å². The Morgan fingerprint density at radius 3 is 1.95 bits per heavy atom. The SMILES string of the molecule is CCCCCCc1cnc(-c2ccc(C(=O)Oc3ccc(OCCCC4CCC(CCCCC)CC4)cc3)cc2)nc1. The van der Waals surface area contributed by atoms with Gasteiger partial charge in [-0.3, -0.25) is 0 Å². The average Bonchev–Trinajstić information content (AvgIpc) is 3.03. The lowest BCUT2D eigenvalue weighted by molar-refractivity contribution is 0.0734. The van der Waals surface area contributed by atoms with E-state index in [2.05, 4.69) is 23.8 Å². The molecule has 0 atom stereocenters. The van der Waals surface area contributed by atoms with E-state index in [1.54, 1.807) is 24.3 Å².